The van der Waals surface area contributed by atoms with Gasteiger partial charge in [-0.05, 0) is 47.0 Å². The Hall–Kier alpha value is -3.57. The third-order valence-electron chi connectivity index (χ3n) is 7.51. The monoisotopic (exact) mass is 453 g/mol. The van der Waals surface area contributed by atoms with Crippen LogP contribution in [0.2, 0.25) is 0 Å². The van der Waals surface area contributed by atoms with Gasteiger partial charge in [0.25, 0.3) is 0 Å². The normalized spacial score (nSPS) is 24.1. The molecule has 4 aromatic rings. The SMILES string of the molecule is C=C[C@@H]1CN(Cc2ccccc2)C[C@H](c2c[nH]c3cc(F)ccc23)[C@]12C=Nc1cc(F)ccc12. The van der Waals surface area contributed by atoms with Crippen LogP contribution in [0.25, 0.3) is 10.9 Å². The van der Waals surface area contributed by atoms with Gasteiger partial charge in [-0.2, -0.15) is 0 Å². The summed E-state index contributed by atoms with van der Waals surface area (Å²) in [4.78, 5) is 10.4. The molecule has 2 aliphatic rings. The van der Waals surface area contributed by atoms with Crippen molar-refractivity contribution in [2.75, 3.05) is 13.1 Å². The lowest BCUT2D eigenvalue weighted by Gasteiger charge is -2.49. The molecule has 2 aliphatic heterocycles. The van der Waals surface area contributed by atoms with Crippen molar-refractivity contribution < 1.29 is 8.78 Å². The predicted molar refractivity (Wildman–Crippen MR) is 133 cm³/mol. The molecule has 3 heterocycles. The number of aromatic nitrogens is 1. The van der Waals surface area contributed by atoms with Crippen molar-refractivity contribution in [2.24, 2.45) is 10.9 Å². The van der Waals surface area contributed by atoms with E-state index in [1.165, 1.54) is 29.8 Å². The van der Waals surface area contributed by atoms with Gasteiger partial charge in [0.1, 0.15) is 11.6 Å². The van der Waals surface area contributed by atoms with Crippen molar-refractivity contribution in [2.45, 2.75) is 17.9 Å². The van der Waals surface area contributed by atoms with Gasteiger partial charge >= 0.3 is 0 Å². The summed E-state index contributed by atoms with van der Waals surface area (Å²) in [6, 6.07) is 20.2. The Morgan fingerprint density at radius 3 is 2.65 bits per heavy atom. The summed E-state index contributed by atoms with van der Waals surface area (Å²) >= 11 is 0. The van der Waals surface area contributed by atoms with Gasteiger partial charge in [-0.25, -0.2) is 8.78 Å². The van der Waals surface area contributed by atoms with Crippen LogP contribution in [0.15, 0.2) is 90.6 Å². The molecule has 0 unspecified atom stereocenters. The lowest BCUT2D eigenvalue weighted by atomic mass is 9.59. The highest BCUT2D eigenvalue weighted by Crippen LogP contribution is 2.54. The Balaban J connectivity index is 1.51. The number of H-pyrrole nitrogens is 1. The van der Waals surface area contributed by atoms with Crippen LogP contribution >= 0.6 is 0 Å². The van der Waals surface area contributed by atoms with Crippen molar-refractivity contribution in [3.05, 3.63) is 114 Å². The quantitative estimate of drug-likeness (QED) is 0.351. The Bertz CT molecular complexity index is 1410. The maximum absolute atomic E-state index is 14.1. The zero-order chi connectivity index (χ0) is 23.3. The standard InChI is InChI=1S/C29H25F2N3/c1-2-20-16-34(15-19-6-4-3-5-7-19)17-26(24-14-32-27-12-21(30)8-10-23(24)27)29(20)18-33-28-13-22(31)9-11-25(28)29/h2-14,18,20,26,32H,1,15-17H2/t20-,26-,29-/m1/s1. The summed E-state index contributed by atoms with van der Waals surface area (Å²) in [7, 11) is 0. The van der Waals surface area contributed by atoms with Gasteiger partial charge in [0.15, 0.2) is 0 Å². The molecule has 0 saturated carbocycles. The highest BCUT2D eigenvalue weighted by molar-refractivity contribution is 5.91. The van der Waals surface area contributed by atoms with E-state index in [9.17, 15) is 8.78 Å². The van der Waals surface area contributed by atoms with E-state index in [0.29, 0.717) is 5.69 Å². The number of halogens is 2. The molecule has 1 aromatic heterocycles. The summed E-state index contributed by atoms with van der Waals surface area (Å²) in [6.45, 7) is 6.63. The maximum atomic E-state index is 14.1. The number of fused-ring (bicyclic) bond motifs is 3. The molecule has 170 valence electrons. The second-order valence-electron chi connectivity index (χ2n) is 9.36. The molecule has 3 atom stereocenters. The molecule has 6 rings (SSSR count). The van der Waals surface area contributed by atoms with Gasteiger partial charge in [-0.1, -0.05) is 42.5 Å². The summed E-state index contributed by atoms with van der Waals surface area (Å²) in [6.07, 6.45) is 6.03. The van der Waals surface area contributed by atoms with E-state index in [1.807, 2.05) is 36.7 Å². The number of likely N-dealkylation sites (tertiary alicyclic amines) is 1. The summed E-state index contributed by atoms with van der Waals surface area (Å²) in [5, 5.41) is 0.999. The van der Waals surface area contributed by atoms with Gasteiger partial charge in [0.2, 0.25) is 0 Å². The van der Waals surface area contributed by atoms with Crippen molar-refractivity contribution in [1.82, 2.24) is 9.88 Å². The number of aromatic amines is 1. The molecule has 3 aromatic carbocycles. The molecule has 1 saturated heterocycles. The van der Waals surface area contributed by atoms with Crippen LogP contribution in [0.1, 0.15) is 22.6 Å². The largest absolute Gasteiger partial charge is 0.361 e. The highest BCUT2D eigenvalue weighted by atomic mass is 19.1. The topological polar surface area (TPSA) is 31.4 Å². The number of piperidine rings is 1. The Morgan fingerprint density at radius 1 is 1.03 bits per heavy atom. The van der Waals surface area contributed by atoms with Gasteiger partial charge in [-0.3, -0.25) is 9.89 Å². The minimum Gasteiger partial charge on any atom is -0.361 e. The smallest absolute Gasteiger partial charge is 0.125 e. The molecule has 3 nitrogen and oxygen atoms in total. The Morgan fingerprint density at radius 2 is 1.82 bits per heavy atom. The van der Waals surface area contributed by atoms with Crippen LogP contribution in [0.3, 0.4) is 0 Å². The molecular formula is C29H25F2N3. The minimum atomic E-state index is -0.457. The number of hydrogen-bond acceptors (Lipinski definition) is 2. The summed E-state index contributed by atoms with van der Waals surface area (Å²) in [5.74, 6) is -0.473. The van der Waals surface area contributed by atoms with E-state index >= 15 is 0 Å². The van der Waals surface area contributed by atoms with E-state index in [-0.39, 0.29) is 23.5 Å². The second kappa shape index (κ2) is 8.03. The van der Waals surface area contributed by atoms with Gasteiger partial charge in [0, 0.05) is 60.2 Å². The first-order valence-electron chi connectivity index (χ1n) is 11.6. The molecule has 1 spiro atoms. The zero-order valence-corrected chi connectivity index (χ0v) is 18.7. The number of rotatable bonds is 4. The fraction of sp³-hybridized carbons (Fsp3) is 0.207. The van der Waals surface area contributed by atoms with Crippen molar-refractivity contribution in [1.29, 1.82) is 0 Å². The van der Waals surface area contributed by atoms with E-state index in [2.05, 4.69) is 40.7 Å². The van der Waals surface area contributed by atoms with Crippen LogP contribution in [0.5, 0.6) is 0 Å². The Kier molecular flexibility index (Phi) is 4.96. The molecular weight excluding hydrogens is 428 g/mol. The van der Waals surface area contributed by atoms with Gasteiger partial charge in [-0.15, -0.1) is 6.58 Å². The van der Waals surface area contributed by atoms with Crippen LogP contribution in [0.4, 0.5) is 14.5 Å². The lowest BCUT2D eigenvalue weighted by Crippen LogP contribution is -2.54. The summed E-state index contributed by atoms with van der Waals surface area (Å²) in [5.41, 5.74) is 4.39. The van der Waals surface area contributed by atoms with Crippen molar-refractivity contribution >= 4 is 22.8 Å². The fourth-order valence-electron chi connectivity index (χ4n) is 5.97. The van der Waals surface area contributed by atoms with Gasteiger partial charge < -0.3 is 4.98 Å². The molecule has 0 radical (unpaired) electrons. The molecule has 0 bridgehead atoms. The molecule has 1 fully saturated rings. The zero-order valence-electron chi connectivity index (χ0n) is 18.7. The molecule has 5 heteroatoms. The maximum Gasteiger partial charge on any atom is 0.125 e. The van der Waals surface area contributed by atoms with E-state index < -0.39 is 5.41 Å². The summed E-state index contributed by atoms with van der Waals surface area (Å²) < 4.78 is 28.0. The Labute approximate surface area is 197 Å². The third-order valence-corrected chi connectivity index (χ3v) is 7.51. The highest BCUT2D eigenvalue weighted by Gasteiger charge is 2.53. The van der Waals surface area contributed by atoms with Gasteiger partial charge in [0.05, 0.1) is 5.69 Å². The first-order chi connectivity index (χ1) is 16.6. The number of benzene rings is 3. The molecule has 0 aliphatic carbocycles. The van der Waals surface area contributed by atoms with Crippen LogP contribution < -0.4 is 0 Å². The molecule has 0 amide bonds. The van der Waals surface area contributed by atoms with E-state index in [0.717, 1.165) is 41.7 Å². The first-order valence-corrected chi connectivity index (χ1v) is 11.6. The average Bonchev–Trinajstić information content (AvgIpc) is 3.42. The third kappa shape index (κ3) is 3.23. The minimum absolute atomic E-state index is 0.0163. The number of nitrogens with one attached hydrogen (secondary N) is 1. The van der Waals surface area contributed by atoms with Crippen molar-refractivity contribution in [3.63, 3.8) is 0 Å². The number of aliphatic imine (C=N–C) groups is 1. The lowest BCUT2D eigenvalue weighted by molar-refractivity contribution is 0.126. The first kappa shape index (κ1) is 21.0. The predicted octanol–water partition coefficient (Wildman–Crippen LogP) is 6.50. The van der Waals surface area contributed by atoms with Crippen molar-refractivity contribution in [3.8, 4) is 0 Å². The number of hydrogen-bond donors (Lipinski definition) is 1. The number of nitrogens with zero attached hydrogens (tertiary/aromatic N) is 2. The van der Waals surface area contributed by atoms with E-state index in [1.54, 1.807) is 0 Å². The van der Waals surface area contributed by atoms with E-state index in [4.69, 9.17) is 4.99 Å². The van der Waals surface area contributed by atoms with Crippen LogP contribution in [-0.2, 0) is 12.0 Å². The average molecular weight is 454 g/mol. The van der Waals surface area contributed by atoms with Crippen LogP contribution in [0, 0.1) is 17.6 Å². The molecule has 34 heavy (non-hydrogen) atoms. The van der Waals surface area contributed by atoms with Crippen LogP contribution in [-0.4, -0.2) is 29.2 Å². The fourth-order valence-corrected chi connectivity index (χ4v) is 5.97. The molecule has 1 N–H and O–H groups in total. The second-order valence-corrected chi connectivity index (χ2v) is 9.36.